The molecule has 1 aliphatic carbocycles. The van der Waals surface area contributed by atoms with Gasteiger partial charge in [-0.2, -0.15) is 0 Å². The molecule has 2 aliphatic rings. The zero-order chi connectivity index (χ0) is 15.2. The van der Waals surface area contributed by atoms with Crippen LogP contribution < -0.4 is 0 Å². The summed E-state index contributed by atoms with van der Waals surface area (Å²) in [7, 11) is -1.55. The van der Waals surface area contributed by atoms with E-state index in [1.807, 2.05) is 18.0 Å². The van der Waals surface area contributed by atoms with Gasteiger partial charge in [0.1, 0.15) is 0 Å². The number of rotatable bonds is 2. The summed E-state index contributed by atoms with van der Waals surface area (Å²) in [5.74, 6) is 0. The third-order valence-corrected chi connectivity index (χ3v) is 6.34. The molecule has 0 bridgehead atoms. The summed E-state index contributed by atoms with van der Waals surface area (Å²) in [4.78, 5) is 2.76. The smallest absolute Gasteiger partial charge is 0.206 e. The topological polar surface area (TPSA) is 37.4 Å². The second-order valence-corrected chi connectivity index (χ2v) is 8.18. The Labute approximate surface area is 133 Å². The summed E-state index contributed by atoms with van der Waals surface area (Å²) in [6, 6.07) is 6.77. The summed E-state index contributed by atoms with van der Waals surface area (Å²) in [6.45, 7) is 4.83. The van der Waals surface area contributed by atoms with Crippen molar-refractivity contribution in [3.63, 3.8) is 0 Å². The largest absolute Gasteiger partial charge is 0.371 e. The van der Waals surface area contributed by atoms with Crippen molar-refractivity contribution in [2.45, 2.75) is 17.7 Å². The van der Waals surface area contributed by atoms with Gasteiger partial charge in [0.2, 0.25) is 9.84 Å². The highest BCUT2D eigenvalue weighted by molar-refractivity contribution is 9.10. The molecule has 0 saturated carbocycles. The fraction of sp³-hybridized carbons (Fsp3) is 0.250. The van der Waals surface area contributed by atoms with Crippen LogP contribution in [0.5, 0.6) is 0 Å². The van der Waals surface area contributed by atoms with Crippen LogP contribution in [0.15, 0.2) is 68.0 Å². The van der Waals surface area contributed by atoms with E-state index in [0.717, 1.165) is 35.1 Å². The lowest BCUT2D eigenvalue weighted by Gasteiger charge is -2.18. The molecule has 3 rings (SSSR count). The van der Waals surface area contributed by atoms with Gasteiger partial charge in [0.05, 0.1) is 9.80 Å². The molecule has 0 atom stereocenters. The molecular weight excluding hydrogens is 350 g/mol. The standard InChI is InChI=1S/C16H16BrNO2S/c1-11-16-12(10-18(11)2)4-3-5-15(16)21(19,20)14-8-6-13(17)7-9-14/h5-9H,1,3-4,10H2,2H3. The Morgan fingerprint density at radius 1 is 1.24 bits per heavy atom. The normalized spacial score (nSPS) is 18.9. The van der Waals surface area contributed by atoms with E-state index in [1.165, 1.54) is 5.57 Å². The second-order valence-electron chi connectivity index (χ2n) is 5.35. The predicted octanol–water partition coefficient (Wildman–Crippen LogP) is 3.66. The Bertz CT molecular complexity index is 773. The summed E-state index contributed by atoms with van der Waals surface area (Å²) in [5, 5.41) is 0. The molecule has 0 radical (unpaired) electrons. The zero-order valence-corrected chi connectivity index (χ0v) is 14.2. The number of sulfone groups is 1. The molecule has 21 heavy (non-hydrogen) atoms. The third kappa shape index (κ3) is 2.38. The number of likely N-dealkylation sites (N-methyl/N-ethyl adjacent to an activating group) is 1. The number of allylic oxidation sites excluding steroid dienone is 2. The minimum atomic E-state index is -3.49. The van der Waals surface area contributed by atoms with Crippen molar-refractivity contribution in [2.24, 2.45) is 0 Å². The molecule has 3 nitrogen and oxygen atoms in total. The molecule has 1 aliphatic heterocycles. The SMILES string of the molecule is C=C1C2=C(CCC=C2S(=O)(=O)c2ccc(Br)cc2)CN1C. The van der Waals surface area contributed by atoms with Crippen molar-refractivity contribution in [3.05, 3.63) is 63.1 Å². The van der Waals surface area contributed by atoms with Gasteiger partial charge >= 0.3 is 0 Å². The minimum absolute atomic E-state index is 0.327. The fourth-order valence-corrected chi connectivity index (χ4v) is 4.72. The lowest BCUT2D eigenvalue weighted by atomic mass is 9.99. The van der Waals surface area contributed by atoms with Gasteiger partial charge in [-0.1, -0.05) is 28.6 Å². The van der Waals surface area contributed by atoms with Crippen molar-refractivity contribution in [1.82, 2.24) is 4.90 Å². The van der Waals surface area contributed by atoms with Crippen molar-refractivity contribution >= 4 is 25.8 Å². The Hall–Kier alpha value is -1.33. The number of hydrogen-bond donors (Lipinski definition) is 0. The van der Waals surface area contributed by atoms with Crippen LogP contribution in [0.1, 0.15) is 12.8 Å². The summed E-state index contributed by atoms with van der Waals surface area (Å²) in [6.07, 6.45) is 3.52. The average Bonchev–Trinajstić information content (AvgIpc) is 2.74. The Morgan fingerprint density at radius 2 is 1.90 bits per heavy atom. The molecule has 110 valence electrons. The van der Waals surface area contributed by atoms with E-state index in [1.54, 1.807) is 24.3 Å². The molecule has 0 saturated heterocycles. The summed E-state index contributed by atoms with van der Waals surface area (Å²) < 4.78 is 26.7. The van der Waals surface area contributed by atoms with Gasteiger partial charge in [-0.25, -0.2) is 8.42 Å². The zero-order valence-electron chi connectivity index (χ0n) is 11.8. The van der Waals surface area contributed by atoms with Gasteiger partial charge in [-0.15, -0.1) is 0 Å². The highest BCUT2D eigenvalue weighted by Crippen LogP contribution is 2.41. The van der Waals surface area contributed by atoms with Crippen molar-refractivity contribution < 1.29 is 8.42 Å². The van der Waals surface area contributed by atoms with Crippen LogP contribution in [-0.2, 0) is 9.84 Å². The van der Waals surface area contributed by atoms with E-state index < -0.39 is 9.84 Å². The van der Waals surface area contributed by atoms with Gasteiger partial charge in [-0.3, -0.25) is 0 Å². The van der Waals surface area contributed by atoms with E-state index in [0.29, 0.717) is 9.80 Å². The first kappa shape index (κ1) is 14.6. The van der Waals surface area contributed by atoms with E-state index in [2.05, 4.69) is 22.5 Å². The lowest BCUT2D eigenvalue weighted by Crippen LogP contribution is -2.14. The number of halogens is 1. The van der Waals surface area contributed by atoms with Gasteiger partial charge in [0, 0.05) is 29.3 Å². The first-order valence-corrected chi connectivity index (χ1v) is 9.02. The molecule has 1 heterocycles. The maximum atomic E-state index is 12.9. The Kier molecular flexibility index (Phi) is 3.58. The van der Waals surface area contributed by atoms with Crippen molar-refractivity contribution in [1.29, 1.82) is 0 Å². The second kappa shape index (κ2) is 5.14. The van der Waals surface area contributed by atoms with Gasteiger partial charge in [0.25, 0.3) is 0 Å². The van der Waals surface area contributed by atoms with Crippen LogP contribution in [-0.4, -0.2) is 26.9 Å². The summed E-state index contributed by atoms with van der Waals surface area (Å²) in [5.41, 5.74) is 2.81. The van der Waals surface area contributed by atoms with Crippen LogP contribution in [0.2, 0.25) is 0 Å². The maximum absolute atomic E-state index is 12.9. The van der Waals surface area contributed by atoms with E-state index in [9.17, 15) is 8.42 Å². The lowest BCUT2D eigenvalue weighted by molar-refractivity contribution is 0.488. The predicted molar refractivity (Wildman–Crippen MR) is 87.4 cm³/mol. The molecule has 0 spiro atoms. The van der Waals surface area contributed by atoms with Gasteiger partial charge < -0.3 is 4.90 Å². The molecule has 0 N–H and O–H groups in total. The molecule has 5 heteroatoms. The first-order chi connectivity index (χ1) is 9.91. The van der Waals surface area contributed by atoms with Gasteiger partial charge in [-0.05, 0) is 42.7 Å². The average molecular weight is 366 g/mol. The van der Waals surface area contributed by atoms with Crippen molar-refractivity contribution in [3.8, 4) is 0 Å². The minimum Gasteiger partial charge on any atom is -0.371 e. The molecular formula is C16H16BrNO2S. The van der Waals surface area contributed by atoms with E-state index in [4.69, 9.17) is 0 Å². The summed E-state index contributed by atoms with van der Waals surface area (Å²) >= 11 is 3.33. The monoisotopic (exact) mass is 365 g/mol. The molecule has 0 unspecified atom stereocenters. The van der Waals surface area contributed by atoms with E-state index >= 15 is 0 Å². The van der Waals surface area contributed by atoms with Crippen LogP contribution in [0.4, 0.5) is 0 Å². The third-order valence-electron chi connectivity index (χ3n) is 3.97. The Balaban J connectivity index is 2.09. The molecule has 1 aromatic carbocycles. The van der Waals surface area contributed by atoms with Crippen LogP contribution in [0.25, 0.3) is 0 Å². The first-order valence-electron chi connectivity index (χ1n) is 6.75. The molecule has 0 aromatic heterocycles. The number of hydrogen-bond acceptors (Lipinski definition) is 3. The molecule has 1 aromatic rings. The maximum Gasteiger partial charge on any atom is 0.206 e. The van der Waals surface area contributed by atoms with Crippen LogP contribution in [0, 0.1) is 0 Å². The Morgan fingerprint density at radius 3 is 2.57 bits per heavy atom. The fourth-order valence-electron chi connectivity index (χ4n) is 2.84. The quantitative estimate of drug-likeness (QED) is 0.802. The van der Waals surface area contributed by atoms with Crippen LogP contribution in [0.3, 0.4) is 0 Å². The van der Waals surface area contributed by atoms with Gasteiger partial charge in [0.15, 0.2) is 0 Å². The number of benzene rings is 1. The molecule has 0 fully saturated rings. The van der Waals surface area contributed by atoms with Crippen molar-refractivity contribution in [2.75, 3.05) is 13.6 Å². The highest BCUT2D eigenvalue weighted by atomic mass is 79.9. The highest BCUT2D eigenvalue weighted by Gasteiger charge is 2.34. The van der Waals surface area contributed by atoms with Crippen LogP contribution >= 0.6 is 15.9 Å². The molecule has 0 amide bonds. The number of nitrogens with zero attached hydrogens (tertiary/aromatic N) is 1. The van der Waals surface area contributed by atoms with E-state index in [-0.39, 0.29) is 0 Å².